The predicted molar refractivity (Wildman–Crippen MR) is 286 cm³/mol. The molecule has 0 atom stereocenters. The molecule has 0 amide bonds. The van der Waals surface area contributed by atoms with Crippen LogP contribution >= 0.6 is 11.3 Å². The van der Waals surface area contributed by atoms with Crippen LogP contribution in [0.4, 0.5) is 17.1 Å². The van der Waals surface area contributed by atoms with E-state index in [1.807, 2.05) is 11.3 Å². The van der Waals surface area contributed by atoms with Crippen molar-refractivity contribution < 1.29 is 0 Å². The molecule has 0 unspecified atom stereocenters. The lowest BCUT2D eigenvalue weighted by Crippen LogP contribution is -2.26. The van der Waals surface area contributed by atoms with Gasteiger partial charge in [-0.05, 0) is 135 Å². The van der Waals surface area contributed by atoms with E-state index >= 15 is 0 Å². The lowest BCUT2D eigenvalue weighted by atomic mass is 9.70. The standard InChI is InChI=1S/C65H39NS/c1-2-15-45-40(14-1)30-35-57-56-24-13-23-46(63(56)67-64(45)57)41-28-31-42(32-29-41)66(43-33-36-51-49-18-4-3-16-47(49)48-17-5-6-19-50(48)58(51)38-43)44-34-37-55-54-22-9-12-27-61(54)65(62(55)39-44)59-25-10-7-20-52(59)53-21-8-11-26-60(53)65/h1-39H. The van der Waals surface area contributed by atoms with Gasteiger partial charge in [-0.15, -0.1) is 11.3 Å². The van der Waals surface area contributed by atoms with Gasteiger partial charge in [0.15, 0.2) is 0 Å². The number of hydrogen-bond acceptors (Lipinski definition) is 2. The summed E-state index contributed by atoms with van der Waals surface area (Å²) >= 11 is 1.91. The maximum absolute atomic E-state index is 2.51. The van der Waals surface area contributed by atoms with Crippen molar-refractivity contribution in [3.63, 3.8) is 0 Å². The van der Waals surface area contributed by atoms with Crippen molar-refractivity contribution in [3.8, 4) is 33.4 Å². The number of anilines is 3. The fraction of sp³-hybridized carbons (Fsp3) is 0.0154. The summed E-state index contributed by atoms with van der Waals surface area (Å²) in [6.45, 7) is 0. The second kappa shape index (κ2) is 13.9. The van der Waals surface area contributed by atoms with E-state index in [1.165, 1.54) is 119 Å². The summed E-state index contributed by atoms with van der Waals surface area (Å²) in [4.78, 5) is 2.49. The largest absolute Gasteiger partial charge is 0.310 e. The smallest absolute Gasteiger partial charge is 0.0726 e. The fourth-order valence-corrected chi connectivity index (χ4v) is 13.6. The lowest BCUT2D eigenvalue weighted by molar-refractivity contribution is 0.793. The van der Waals surface area contributed by atoms with E-state index in [0.717, 1.165) is 17.1 Å². The van der Waals surface area contributed by atoms with Gasteiger partial charge in [0.25, 0.3) is 0 Å². The van der Waals surface area contributed by atoms with Gasteiger partial charge < -0.3 is 4.90 Å². The molecule has 2 heteroatoms. The van der Waals surface area contributed by atoms with Gasteiger partial charge in [-0.1, -0.05) is 200 Å². The Morgan fingerprint density at radius 2 is 0.716 bits per heavy atom. The van der Waals surface area contributed by atoms with Gasteiger partial charge in [-0.3, -0.25) is 0 Å². The van der Waals surface area contributed by atoms with Gasteiger partial charge in [0.2, 0.25) is 0 Å². The van der Waals surface area contributed by atoms with E-state index < -0.39 is 5.41 Å². The molecule has 67 heavy (non-hydrogen) atoms. The summed E-state index contributed by atoms with van der Waals surface area (Å²) in [6, 6.07) is 88.8. The van der Waals surface area contributed by atoms with Crippen LogP contribution in [-0.4, -0.2) is 0 Å². The number of nitrogens with zero attached hydrogens (tertiary/aromatic N) is 1. The third-order valence-corrected chi connectivity index (χ3v) is 16.3. The maximum atomic E-state index is 2.51. The third kappa shape index (κ3) is 5.03. The van der Waals surface area contributed by atoms with Gasteiger partial charge in [0.1, 0.15) is 0 Å². The fourth-order valence-electron chi connectivity index (χ4n) is 12.2. The van der Waals surface area contributed by atoms with Crippen LogP contribution < -0.4 is 4.90 Å². The topological polar surface area (TPSA) is 3.24 Å². The summed E-state index contributed by atoms with van der Waals surface area (Å²) in [5, 5.41) is 12.9. The molecule has 310 valence electrons. The highest BCUT2D eigenvalue weighted by molar-refractivity contribution is 7.27. The van der Waals surface area contributed by atoms with Gasteiger partial charge in [-0.25, -0.2) is 0 Å². The molecular weight excluding hydrogens is 827 g/mol. The Bertz CT molecular complexity index is 4130. The highest BCUT2D eigenvalue weighted by atomic mass is 32.1. The van der Waals surface area contributed by atoms with Crippen LogP contribution in [0, 0.1) is 0 Å². The van der Waals surface area contributed by atoms with E-state index in [1.54, 1.807) is 0 Å². The van der Waals surface area contributed by atoms with E-state index in [2.05, 4.69) is 241 Å². The van der Waals surface area contributed by atoms with E-state index in [-0.39, 0.29) is 0 Å². The average Bonchev–Trinajstić information content (AvgIpc) is 4.04. The molecule has 0 aliphatic heterocycles. The molecule has 13 aromatic rings. The first kappa shape index (κ1) is 37.0. The van der Waals surface area contributed by atoms with Crippen LogP contribution in [0.1, 0.15) is 22.3 Å². The van der Waals surface area contributed by atoms with Crippen molar-refractivity contribution in [1.82, 2.24) is 0 Å². The minimum Gasteiger partial charge on any atom is -0.310 e. The molecule has 0 saturated heterocycles. The zero-order valence-electron chi connectivity index (χ0n) is 36.4. The molecule has 0 bridgehead atoms. The minimum atomic E-state index is -0.447. The van der Waals surface area contributed by atoms with Crippen molar-refractivity contribution >= 4 is 91.7 Å². The molecule has 0 N–H and O–H groups in total. The van der Waals surface area contributed by atoms with Crippen LogP contribution in [0.5, 0.6) is 0 Å². The molecule has 0 saturated carbocycles. The first-order valence-electron chi connectivity index (χ1n) is 23.2. The van der Waals surface area contributed by atoms with Gasteiger partial charge >= 0.3 is 0 Å². The average molecular weight is 866 g/mol. The molecule has 2 aliphatic carbocycles. The number of benzene rings is 12. The van der Waals surface area contributed by atoms with Crippen molar-refractivity contribution in [2.24, 2.45) is 0 Å². The number of hydrogen-bond donors (Lipinski definition) is 0. The summed E-state index contributed by atoms with van der Waals surface area (Å²) in [7, 11) is 0. The van der Waals surface area contributed by atoms with Gasteiger partial charge in [-0.2, -0.15) is 0 Å². The Morgan fingerprint density at radius 3 is 1.37 bits per heavy atom. The molecule has 12 aromatic carbocycles. The zero-order valence-corrected chi connectivity index (χ0v) is 37.2. The number of rotatable bonds is 4. The normalized spacial score (nSPS) is 13.2. The van der Waals surface area contributed by atoms with Crippen LogP contribution in [-0.2, 0) is 5.41 Å². The Morgan fingerprint density at radius 1 is 0.269 bits per heavy atom. The van der Waals surface area contributed by atoms with Crippen LogP contribution in [0.3, 0.4) is 0 Å². The first-order valence-corrected chi connectivity index (χ1v) is 24.1. The Hall–Kier alpha value is -8.30. The van der Waals surface area contributed by atoms with Crippen molar-refractivity contribution in [2.45, 2.75) is 5.41 Å². The van der Waals surface area contributed by atoms with Gasteiger partial charge in [0, 0.05) is 37.2 Å². The molecule has 1 nitrogen and oxygen atoms in total. The molecule has 15 rings (SSSR count). The Labute approximate surface area is 392 Å². The van der Waals surface area contributed by atoms with E-state index in [0.29, 0.717) is 0 Å². The summed E-state index contributed by atoms with van der Waals surface area (Å²) in [5.41, 5.74) is 16.0. The quantitative estimate of drug-likeness (QED) is 0.159. The van der Waals surface area contributed by atoms with Crippen LogP contribution in [0.15, 0.2) is 237 Å². The Kier molecular flexibility index (Phi) is 7.65. The summed E-state index contributed by atoms with van der Waals surface area (Å²) < 4.78 is 2.68. The SMILES string of the molecule is c1ccc2c(c1)-c1ccccc1C21c2ccccc2-c2ccc(N(c3ccc(-c4cccc5c4sc4c6ccccc6ccc54)cc3)c3ccc4c5ccccc5c5ccccc5c4c3)cc21. The highest BCUT2D eigenvalue weighted by Gasteiger charge is 2.51. The van der Waals surface area contributed by atoms with Crippen molar-refractivity contribution in [3.05, 3.63) is 259 Å². The third-order valence-electron chi connectivity index (χ3n) is 15.1. The monoisotopic (exact) mass is 865 g/mol. The maximum Gasteiger partial charge on any atom is 0.0726 e. The number of thiophene rings is 1. The molecular formula is C65H39NS. The lowest BCUT2D eigenvalue weighted by Gasteiger charge is -2.32. The second-order valence-electron chi connectivity index (χ2n) is 18.3. The Balaban J connectivity index is 0.962. The molecule has 1 heterocycles. The molecule has 2 aliphatic rings. The zero-order chi connectivity index (χ0) is 43.8. The first-order chi connectivity index (χ1) is 33.2. The minimum absolute atomic E-state index is 0.447. The van der Waals surface area contributed by atoms with E-state index in [4.69, 9.17) is 0 Å². The molecule has 0 radical (unpaired) electrons. The summed E-state index contributed by atoms with van der Waals surface area (Å²) in [5.74, 6) is 0. The van der Waals surface area contributed by atoms with Crippen molar-refractivity contribution in [2.75, 3.05) is 4.90 Å². The predicted octanol–water partition coefficient (Wildman–Crippen LogP) is 18.1. The highest BCUT2D eigenvalue weighted by Crippen LogP contribution is 2.63. The second-order valence-corrected chi connectivity index (χ2v) is 19.3. The van der Waals surface area contributed by atoms with Gasteiger partial charge in [0.05, 0.1) is 5.41 Å². The number of fused-ring (bicyclic) bond motifs is 21. The summed E-state index contributed by atoms with van der Waals surface area (Å²) in [6.07, 6.45) is 0. The van der Waals surface area contributed by atoms with Crippen LogP contribution in [0.25, 0.3) is 96.6 Å². The van der Waals surface area contributed by atoms with Crippen LogP contribution in [0.2, 0.25) is 0 Å². The van der Waals surface area contributed by atoms with E-state index in [9.17, 15) is 0 Å². The molecule has 1 spiro atoms. The van der Waals surface area contributed by atoms with Crippen molar-refractivity contribution in [1.29, 1.82) is 0 Å². The molecule has 0 fully saturated rings. The molecule has 1 aromatic heterocycles.